The number of nitrogens with one attached hydrogen (secondary N) is 1. The molecule has 2 heterocycles. The molecule has 0 aliphatic carbocycles. The van der Waals surface area contributed by atoms with Crippen molar-refractivity contribution in [2.24, 2.45) is 0 Å². The van der Waals surface area contributed by atoms with Gasteiger partial charge in [-0.2, -0.15) is 5.10 Å². The number of amides is 2. The summed E-state index contributed by atoms with van der Waals surface area (Å²) in [6.45, 7) is 1.46. The van der Waals surface area contributed by atoms with Gasteiger partial charge >= 0.3 is 0 Å². The van der Waals surface area contributed by atoms with Crippen molar-refractivity contribution in [2.75, 3.05) is 26.2 Å². The summed E-state index contributed by atoms with van der Waals surface area (Å²) in [5.41, 5.74) is -0.149. The van der Waals surface area contributed by atoms with Gasteiger partial charge in [0.1, 0.15) is 5.82 Å². The highest BCUT2D eigenvalue weighted by Gasteiger charge is 2.26. The summed E-state index contributed by atoms with van der Waals surface area (Å²) in [6, 6.07) is 12.7. The van der Waals surface area contributed by atoms with Gasteiger partial charge in [0.2, 0.25) is 0 Å². The van der Waals surface area contributed by atoms with Gasteiger partial charge in [0.05, 0.1) is 10.9 Å². The third-order valence-electron chi connectivity index (χ3n) is 5.07. The van der Waals surface area contributed by atoms with Gasteiger partial charge in [-0.1, -0.05) is 30.3 Å². The largest absolute Gasteiger partial charge is 0.337 e. The third-order valence-corrected chi connectivity index (χ3v) is 5.07. The van der Waals surface area contributed by atoms with E-state index in [0.717, 1.165) is 0 Å². The van der Waals surface area contributed by atoms with Crippen molar-refractivity contribution in [1.29, 1.82) is 0 Å². The van der Waals surface area contributed by atoms with Gasteiger partial charge in [-0.3, -0.25) is 14.4 Å². The number of benzene rings is 2. The molecule has 3 aromatic rings. The maximum atomic E-state index is 14.0. The summed E-state index contributed by atoms with van der Waals surface area (Å²) in [5.74, 6) is -1.25. The number of nitrogens with zero attached hydrogens (tertiary/aromatic N) is 3. The normalized spacial score (nSPS) is 14.7. The number of rotatable bonds is 2. The first-order valence-electron chi connectivity index (χ1n) is 9.37. The van der Waals surface area contributed by atoms with Crippen LogP contribution in [0.5, 0.6) is 0 Å². The molecular weight excluding hydrogens is 375 g/mol. The Balaban J connectivity index is 1.54. The fourth-order valence-corrected chi connectivity index (χ4v) is 3.56. The van der Waals surface area contributed by atoms with Crippen LogP contribution in [0.2, 0.25) is 0 Å². The van der Waals surface area contributed by atoms with E-state index in [4.69, 9.17) is 0 Å². The summed E-state index contributed by atoms with van der Waals surface area (Å²) in [5, 5.41) is 7.23. The molecule has 1 aliphatic heterocycles. The molecule has 0 saturated carbocycles. The molecule has 1 N–H and O–H groups in total. The Hall–Kier alpha value is -3.55. The van der Waals surface area contributed by atoms with E-state index in [1.54, 1.807) is 40.1 Å². The zero-order valence-electron chi connectivity index (χ0n) is 15.6. The van der Waals surface area contributed by atoms with Crippen LogP contribution in [-0.4, -0.2) is 58.0 Å². The van der Waals surface area contributed by atoms with Crippen LogP contribution in [0.15, 0.2) is 53.3 Å². The third kappa shape index (κ3) is 3.61. The minimum absolute atomic E-state index is 0.0283. The quantitative estimate of drug-likeness (QED) is 0.721. The van der Waals surface area contributed by atoms with Crippen molar-refractivity contribution in [3.8, 4) is 0 Å². The van der Waals surface area contributed by atoms with Crippen LogP contribution in [0.4, 0.5) is 4.39 Å². The molecule has 0 unspecified atom stereocenters. The van der Waals surface area contributed by atoms with E-state index in [9.17, 15) is 18.8 Å². The first-order valence-corrected chi connectivity index (χ1v) is 9.37. The molecule has 1 aromatic heterocycles. The number of carbonyl (C=O) groups excluding carboxylic acids is 2. The second kappa shape index (κ2) is 7.83. The number of fused-ring (bicyclic) bond motifs is 1. The van der Waals surface area contributed by atoms with Gasteiger partial charge < -0.3 is 9.80 Å². The molecule has 1 aliphatic rings. The van der Waals surface area contributed by atoms with Gasteiger partial charge in [-0.15, -0.1) is 0 Å². The second-order valence-corrected chi connectivity index (χ2v) is 6.86. The maximum Gasteiger partial charge on any atom is 0.275 e. The van der Waals surface area contributed by atoms with E-state index < -0.39 is 5.82 Å². The van der Waals surface area contributed by atoms with Gasteiger partial charge in [-0.05, 0) is 24.6 Å². The van der Waals surface area contributed by atoms with E-state index >= 15 is 0 Å². The van der Waals surface area contributed by atoms with Crippen LogP contribution in [0, 0.1) is 5.82 Å². The van der Waals surface area contributed by atoms with Crippen molar-refractivity contribution < 1.29 is 14.0 Å². The van der Waals surface area contributed by atoms with Crippen LogP contribution in [0.25, 0.3) is 10.8 Å². The highest BCUT2D eigenvalue weighted by Crippen LogP contribution is 2.17. The lowest BCUT2D eigenvalue weighted by Gasteiger charge is -2.22. The lowest BCUT2D eigenvalue weighted by Crippen LogP contribution is -2.38. The molecule has 29 heavy (non-hydrogen) atoms. The minimum Gasteiger partial charge on any atom is -0.337 e. The lowest BCUT2D eigenvalue weighted by atomic mass is 10.1. The average molecular weight is 394 g/mol. The molecule has 2 amide bonds. The summed E-state index contributed by atoms with van der Waals surface area (Å²) >= 11 is 0. The molecular formula is C21H19FN4O3. The monoisotopic (exact) mass is 394 g/mol. The van der Waals surface area contributed by atoms with Gasteiger partial charge in [-0.25, -0.2) is 9.49 Å². The number of aromatic amines is 1. The van der Waals surface area contributed by atoms with Crippen LogP contribution in [0.1, 0.15) is 27.3 Å². The van der Waals surface area contributed by atoms with E-state index in [0.29, 0.717) is 43.4 Å². The summed E-state index contributed by atoms with van der Waals surface area (Å²) < 4.78 is 14.0. The fourth-order valence-electron chi connectivity index (χ4n) is 3.56. The molecule has 7 nitrogen and oxygen atoms in total. The second-order valence-electron chi connectivity index (χ2n) is 6.86. The predicted octanol–water partition coefficient (Wildman–Crippen LogP) is 2.05. The van der Waals surface area contributed by atoms with Crippen molar-refractivity contribution in [1.82, 2.24) is 20.0 Å². The molecule has 8 heteroatoms. The molecule has 2 aromatic carbocycles. The minimum atomic E-state index is -0.557. The Labute approximate surface area is 165 Å². The molecule has 148 valence electrons. The zero-order chi connectivity index (χ0) is 20.4. The van der Waals surface area contributed by atoms with E-state index in [2.05, 4.69) is 10.2 Å². The average Bonchev–Trinajstić information content (AvgIpc) is 3.00. The van der Waals surface area contributed by atoms with Crippen molar-refractivity contribution in [3.05, 3.63) is 76.0 Å². The van der Waals surface area contributed by atoms with Crippen molar-refractivity contribution in [3.63, 3.8) is 0 Å². The molecule has 0 spiro atoms. The summed E-state index contributed by atoms with van der Waals surface area (Å²) in [6.07, 6.45) is 0.563. The Morgan fingerprint density at radius 2 is 1.48 bits per heavy atom. The maximum absolute atomic E-state index is 14.0. The number of hydrogen-bond acceptors (Lipinski definition) is 4. The molecule has 1 fully saturated rings. The summed E-state index contributed by atoms with van der Waals surface area (Å²) in [7, 11) is 0. The molecule has 0 radical (unpaired) electrons. The fraction of sp³-hybridized carbons (Fsp3) is 0.238. The van der Waals surface area contributed by atoms with E-state index in [1.165, 1.54) is 18.2 Å². The standard InChI is InChI=1S/C21H19FN4O3/c22-17-9-4-3-8-16(17)20(28)25-10-5-11-26(13-12-25)21(29)18-14-6-1-2-7-15(14)19(27)24-23-18/h1-4,6-9H,5,10-13H2,(H,24,27). The predicted molar refractivity (Wildman–Crippen MR) is 105 cm³/mol. The Kier molecular flexibility index (Phi) is 5.07. The van der Waals surface area contributed by atoms with E-state index in [1.807, 2.05) is 0 Å². The number of hydrogen-bond donors (Lipinski definition) is 1. The highest BCUT2D eigenvalue weighted by atomic mass is 19.1. The first kappa shape index (κ1) is 18.8. The van der Waals surface area contributed by atoms with E-state index in [-0.39, 0.29) is 28.6 Å². The van der Waals surface area contributed by atoms with Crippen molar-refractivity contribution in [2.45, 2.75) is 6.42 Å². The first-order chi connectivity index (χ1) is 14.1. The Morgan fingerprint density at radius 3 is 2.21 bits per heavy atom. The molecule has 0 bridgehead atoms. The van der Waals surface area contributed by atoms with Gasteiger partial charge in [0, 0.05) is 31.6 Å². The SMILES string of the molecule is O=C(c1ccccc1F)N1CCCN(C(=O)c2n[nH]c(=O)c3ccccc23)CC1. The van der Waals surface area contributed by atoms with Crippen LogP contribution in [0.3, 0.4) is 0 Å². The summed E-state index contributed by atoms with van der Waals surface area (Å²) in [4.78, 5) is 40.8. The van der Waals surface area contributed by atoms with Gasteiger partial charge in [0.25, 0.3) is 17.4 Å². The number of aromatic nitrogens is 2. The number of halogens is 1. The van der Waals surface area contributed by atoms with Gasteiger partial charge in [0.15, 0.2) is 5.69 Å². The smallest absolute Gasteiger partial charge is 0.275 e. The number of carbonyl (C=O) groups is 2. The Bertz CT molecular complexity index is 1140. The van der Waals surface area contributed by atoms with Crippen LogP contribution in [-0.2, 0) is 0 Å². The molecule has 4 rings (SSSR count). The molecule has 1 saturated heterocycles. The number of H-pyrrole nitrogens is 1. The molecule has 0 atom stereocenters. The topological polar surface area (TPSA) is 86.4 Å². The van der Waals surface area contributed by atoms with Crippen molar-refractivity contribution >= 4 is 22.6 Å². The highest BCUT2D eigenvalue weighted by molar-refractivity contribution is 6.04. The lowest BCUT2D eigenvalue weighted by molar-refractivity contribution is 0.0713. The zero-order valence-corrected chi connectivity index (χ0v) is 15.6. The Morgan fingerprint density at radius 1 is 0.862 bits per heavy atom. The van der Waals surface area contributed by atoms with Crippen LogP contribution >= 0.6 is 0 Å². The van der Waals surface area contributed by atoms with Crippen LogP contribution < -0.4 is 5.56 Å².